The van der Waals surface area contributed by atoms with Crippen molar-refractivity contribution in [3.63, 3.8) is 0 Å². The molecule has 0 aliphatic heterocycles. The minimum Gasteiger partial charge on any atom is -0.382 e. The van der Waals surface area contributed by atoms with Crippen LogP contribution in [0.4, 0.5) is 14.5 Å². The van der Waals surface area contributed by atoms with Crippen LogP contribution in [-0.2, 0) is 13.1 Å². The summed E-state index contributed by atoms with van der Waals surface area (Å²) in [7, 11) is 0. The molecule has 2 aromatic carbocycles. The maximum Gasteiger partial charge on any atom is 0.254 e. The molecule has 186 valence electrons. The molecule has 0 radical (unpaired) electrons. The highest BCUT2D eigenvalue weighted by atomic mass is 19.2. The first-order valence-corrected chi connectivity index (χ1v) is 12.5. The molecule has 4 aromatic rings. The normalized spacial score (nSPS) is 13.7. The fourth-order valence-corrected chi connectivity index (χ4v) is 4.83. The lowest BCUT2D eigenvalue weighted by Crippen LogP contribution is -2.26. The first-order chi connectivity index (χ1) is 17.4. The molecule has 7 heteroatoms. The molecule has 5 nitrogen and oxygen atoms in total. The summed E-state index contributed by atoms with van der Waals surface area (Å²) < 4.78 is 29.2. The summed E-state index contributed by atoms with van der Waals surface area (Å²) in [5.74, 6) is -2.01. The minimum absolute atomic E-state index is 0.0631. The molecule has 0 unspecified atom stereocenters. The molecule has 1 amide bonds. The molecule has 0 bridgehead atoms. The lowest BCUT2D eigenvalue weighted by molar-refractivity contribution is 0.0951. The quantitative estimate of drug-likeness (QED) is 0.303. The summed E-state index contributed by atoms with van der Waals surface area (Å²) in [5.41, 5.74) is 4.93. The van der Waals surface area contributed by atoms with Gasteiger partial charge in [0.05, 0.1) is 23.3 Å². The van der Waals surface area contributed by atoms with Gasteiger partial charge in [-0.1, -0.05) is 26.0 Å². The molecule has 2 N–H and O–H groups in total. The van der Waals surface area contributed by atoms with Crippen molar-refractivity contribution in [1.29, 1.82) is 0 Å². The third kappa shape index (κ3) is 4.83. The van der Waals surface area contributed by atoms with E-state index in [-0.39, 0.29) is 18.4 Å². The second-order valence-electron chi connectivity index (χ2n) is 9.76. The van der Waals surface area contributed by atoms with Gasteiger partial charge in [-0.15, -0.1) is 0 Å². The largest absolute Gasteiger partial charge is 0.382 e. The predicted molar refractivity (Wildman–Crippen MR) is 138 cm³/mol. The molecule has 2 aromatic heterocycles. The zero-order valence-corrected chi connectivity index (χ0v) is 20.5. The van der Waals surface area contributed by atoms with Gasteiger partial charge in [0.2, 0.25) is 0 Å². The number of hydrogen-bond donors (Lipinski definition) is 2. The van der Waals surface area contributed by atoms with E-state index in [9.17, 15) is 13.6 Å². The van der Waals surface area contributed by atoms with Crippen LogP contribution < -0.4 is 10.6 Å². The number of carbonyl (C=O) groups excluding carboxylic acids is 1. The van der Waals surface area contributed by atoms with Crippen LogP contribution in [0.25, 0.3) is 10.9 Å². The van der Waals surface area contributed by atoms with E-state index in [2.05, 4.69) is 40.1 Å². The third-order valence-electron chi connectivity index (χ3n) is 6.84. The Morgan fingerprint density at radius 2 is 1.92 bits per heavy atom. The van der Waals surface area contributed by atoms with E-state index in [1.165, 1.54) is 25.3 Å². The molecule has 1 aliphatic carbocycles. The highest BCUT2D eigenvalue weighted by Gasteiger charge is 2.26. The summed E-state index contributed by atoms with van der Waals surface area (Å²) in [4.78, 5) is 18.1. The van der Waals surface area contributed by atoms with Crippen molar-refractivity contribution in [2.75, 3.05) is 5.32 Å². The fraction of sp³-hybridized carbons (Fsp3) is 0.310. The van der Waals surface area contributed by atoms with Gasteiger partial charge in [0.1, 0.15) is 0 Å². The van der Waals surface area contributed by atoms with Crippen molar-refractivity contribution >= 4 is 22.5 Å². The van der Waals surface area contributed by atoms with Crippen molar-refractivity contribution in [2.24, 2.45) is 0 Å². The Hall–Kier alpha value is -3.74. The van der Waals surface area contributed by atoms with Gasteiger partial charge >= 0.3 is 0 Å². The average Bonchev–Trinajstić information content (AvgIpc) is 3.16. The smallest absolute Gasteiger partial charge is 0.254 e. The lowest BCUT2D eigenvalue weighted by Gasteiger charge is -2.27. The van der Waals surface area contributed by atoms with Crippen LogP contribution in [0.15, 0.2) is 60.8 Å². The number of hydrogen-bond acceptors (Lipinski definition) is 3. The molecule has 0 atom stereocenters. The molecular formula is C29H30F2N4O. The molecule has 1 fully saturated rings. The summed E-state index contributed by atoms with van der Waals surface area (Å²) in [6.07, 6.45) is 5.36. The SMILES string of the molecule is CC(C)c1c(C(=O)NCc2ccc(F)c(F)c2)c2ccc(NC3CCC3)cc2n1Cc1ccccn1. The fourth-order valence-electron chi connectivity index (χ4n) is 4.83. The monoisotopic (exact) mass is 488 g/mol. The maximum atomic E-state index is 13.7. The second-order valence-corrected chi connectivity index (χ2v) is 9.76. The summed E-state index contributed by atoms with van der Waals surface area (Å²) >= 11 is 0. The lowest BCUT2D eigenvalue weighted by atomic mass is 9.93. The Morgan fingerprint density at radius 1 is 1.08 bits per heavy atom. The number of fused-ring (bicyclic) bond motifs is 1. The van der Waals surface area contributed by atoms with Crippen LogP contribution in [0.1, 0.15) is 66.3 Å². The number of carbonyl (C=O) groups is 1. The van der Waals surface area contributed by atoms with Crippen molar-refractivity contribution in [3.05, 3.63) is 94.9 Å². The van der Waals surface area contributed by atoms with E-state index in [1.807, 2.05) is 30.3 Å². The van der Waals surface area contributed by atoms with Gasteiger partial charge < -0.3 is 15.2 Å². The van der Waals surface area contributed by atoms with E-state index in [4.69, 9.17) is 0 Å². The highest BCUT2D eigenvalue weighted by Crippen LogP contribution is 2.34. The molecule has 0 saturated heterocycles. The van der Waals surface area contributed by atoms with E-state index in [0.29, 0.717) is 23.7 Å². The Balaban J connectivity index is 1.55. The number of nitrogens with zero attached hydrogens (tertiary/aromatic N) is 2. The average molecular weight is 489 g/mol. The molecule has 2 heterocycles. The first-order valence-electron chi connectivity index (χ1n) is 12.5. The summed E-state index contributed by atoms with van der Waals surface area (Å²) in [6, 6.07) is 16.1. The van der Waals surface area contributed by atoms with Crippen molar-refractivity contribution in [1.82, 2.24) is 14.9 Å². The van der Waals surface area contributed by atoms with Gasteiger partial charge in [-0.2, -0.15) is 0 Å². The first kappa shape index (κ1) is 24.0. The third-order valence-corrected chi connectivity index (χ3v) is 6.84. The summed E-state index contributed by atoms with van der Waals surface area (Å²) in [5, 5.41) is 7.39. The van der Waals surface area contributed by atoms with Gasteiger partial charge in [-0.05, 0) is 73.2 Å². The predicted octanol–water partition coefficient (Wildman–Crippen LogP) is 6.38. The van der Waals surface area contributed by atoms with Crippen LogP contribution in [-0.4, -0.2) is 21.5 Å². The number of benzene rings is 2. The van der Waals surface area contributed by atoms with Crippen LogP contribution in [0.2, 0.25) is 0 Å². The Labute approximate surface area is 209 Å². The Kier molecular flexibility index (Phi) is 6.72. The van der Waals surface area contributed by atoms with Gasteiger partial charge in [-0.3, -0.25) is 9.78 Å². The zero-order valence-electron chi connectivity index (χ0n) is 20.5. The van der Waals surface area contributed by atoms with Crippen LogP contribution in [0, 0.1) is 11.6 Å². The van der Waals surface area contributed by atoms with Gasteiger partial charge in [0.15, 0.2) is 11.6 Å². The van der Waals surface area contributed by atoms with Crippen molar-refractivity contribution in [3.8, 4) is 0 Å². The van der Waals surface area contributed by atoms with E-state index >= 15 is 0 Å². The van der Waals surface area contributed by atoms with Gasteiger partial charge in [0, 0.05) is 35.6 Å². The number of nitrogens with one attached hydrogen (secondary N) is 2. The minimum atomic E-state index is -0.928. The topological polar surface area (TPSA) is 59.0 Å². The number of halogens is 2. The second kappa shape index (κ2) is 10.1. The number of amides is 1. The van der Waals surface area contributed by atoms with Crippen LogP contribution >= 0.6 is 0 Å². The van der Waals surface area contributed by atoms with Crippen LogP contribution in [0.3, 0.4) is 0 Å². The highest BCUT2D eigenvalue weighted by molar-refractivity contribution is 6.09. The van der Waals surface area contributed by atoms with E-state index in [1.54, 1.807) is 6.20 Å². The molecule has 5 rings (SSSR count). The van der Waals surface area contributed by atoms with Gasteiger partial charge in [-0.25, -0.2) is 8.78 Å². The van der Waals surface area contributed by atoms with E-state index in [0.717, 1.165) is 40.1 Å². The number of anilines is 1. The molecular weight excluding hydrogens is 458 g/mol. The number of rotatable bonds is 8. The Bertz CT molecular complexity index is 1390. The Morgan fingerprint density at radius 3 is 2.58 bits per heavy atom. The zero-order chi connectivity index (χ0) is 25.2. The van der Waals surface area contributed by atoms with E-state index < -0.39 is 11.6 Å². The number of aromatic nitrogens is 2. The van der Waals surface area contributed by atoms with Gasteiger partial charge in [0.25, 0.3) is 5.91 Å². The maximum absolute atomic E-state index is 13.7. The van der Waals surface area contributed by atoms with Crippen molar-refractivity contribution < 1.29 is 13.6 Å². The molecule has 1 saturated carbocycles. The van der Waals surface area contributed by atoms with Crippen LogP contribution in [0.5, 0.6) is 0 Å². The molecule has 0 spiro atoms. The number of pyridine rings is 1. The molecule has 1 aliphatic rings. The summed E-state index contributed by atoms with van der Waals surface area (Å²) in [6.45, 7) is 4.78. The standard InChI is InChI=1S/C29H30F2N4O/c1-18(2)28-27(29(36)33-16-19-9-12-24(30)25(31)14-19)23-11-10-21(34-20-7-5-8-20)15-26(23)35(28)17-22-6-3-4-13-32-22/h3-4,6,9-15,18,20,34H,5,7-8,16-17H2,1-2H3,(H,33,36). The molecule has 36 heavy (non-hydrogen) atoms. The van der Waals surface area contributed by atoms with Crippen molar-refractivity contribution in [2.45, 2.75) is 58.2 Å².